The smallest absolute Gasteiger partial charge is 0.419 e. The van der Waals surface area contributed by atoms with Gasteiger partial charge in [-0.25, -0.2) is 14.4 Å². The van der Waals surface area contributed by atoms with Crippen molar-refractivity contribution in [1.29, 1.82) is 0 Å². The second kappa shape index (κ2) is 5.27. The van der Waals surface area contributed by atoms with Crippen molar-refractivity contribution in [2.75, 3.05) is 32.0 Å². The molecule has 1 N–H and O–H groups in total. The summed E-state index contributed by atoms with van der Waals surface area (Å²) in [5.74, 6) is -0.452. The van der Waals surface area contributed by atoms with E-state index in [1.54, 1.807) is 37.2 Å². The number of nitrogens with one attached hydrogen (secondary N) is 1. The number of urea groups is 1. The highest BCUT2D eigenvalue weighted by Gasteiger charge is 2.49. The highest BCUT2D eigenvalue weighted by atomic mass is 16.6. The molecule has 0 bridgehead atoms. The molecule has 9 nitrogen and oxygen atoms in total. The minimum atomic E-state index is -0.612. The van der Waals surface area contributed by atoms with Gasteiger partial charge in [0.2, 0.25) is 0 Å². The molecule has 1 aromatic heterocycles. The fourth-order valence-corrected chi connectivity index (χ4v) is 3.44. The zero-order valence-electron chi connectivity index (χ0n) is 13.9. The van der Waals surface area contributed by atoms with Crippen LogP contribution in [0.25, 0.3) is 11.1 Å². The first-order valence-electron chi connectivity index (χ1n) is 7.97. The Morgan fingerprint density at radius 1 is 1.24 bits per heavy atom. The average molecular weight is 346 g/mol. The van der Waals surface area contributed by atoms with Gasteiger partial charge in [0.05, 0.1) is 18.6 Å². The number of fused-ring (bicyclic) bond motifs is 1. The molecule has 9 heteroatoms. The van der Waals surface area contributed by atoms with E-state index < -0.39 is 11.4 Å². The van der Waals surface area contributed by atoms with Crippen LogP contribution in [0.1, 0.15) is 6.42 Å². The van der Waals surface area contributed by atoms with Crippen LogP contribution in [-0.4, -0.2) is 58.8 Å². The number of ether oxygens (including phenoxy) is 1. The number of likely N-dealkylation sites (tertiary alicyclic amines) is 1. The third-order valence-corrected chi connectivity index (χ3v) is 4.79. The fraction of sp³-hybridized carbons (Fsp3) is 0.438. The van der Waals surface area contributed by atoms with Gasteiger partial charge < -0.3 is 24.3 Å². The molecule has 0 radical (unpaired) electrons. The molecule has 0 saturated carbocycles. The Labute approximate surface area is 142 Å². The van der Waals surface area contributed by atoms with E-state index in [1.807, 2.05) is 0 Å². The lowest BCUT2D eigenvalue weighted by atomic mass is 10.0. The molecule has 25 heavy (non-hydrogen) atoms. The summed E-state index contributed by atoms with van der Waals surface area (Å²) in [6.45, 7) is 1.35. The summed E-state index contributed by atoms with van der Waals surface area (Å²) in [5.41, 5.74) is 0.992. The molecule has 3 heterocycles. The maximum Gasteiger partial charge on any atom is 0.419 e. The molecule has 2 aromatic rings. The predicted octanol–water partition coefficient (Wildman–Crippen LogP) is 1.19. The van der Waals surface area contributed by atoms with Gasteiger partial charge in [0.1, 0.15) is 0 Å². The summed E-state index contributed by atoms with van der Waals surface area (Å²) in [6.07, 6.45) is 0.259. The second-order valence-electron chi connectivity index (χ2n) is 6.62. The van der Waals surface area contributed by atoms with Crippen molar-refractivity contribution >= 4 is 28.9 Å². The van der Waals surface area contributed by atoms with Crippen molar-refractivity contribution in [1.82, 2.24) is 14.4 Å². The number of likely N-dealkylation sites (N-methyl/N-ethyl adjacent to an activating group) is 1. The van der Waals surface area contributed by atoms with Gasteiger partial charge >= 0.3 is 17.9 Å². The van der Waals surface area contributed by atoms with E-state index in [4.69, 9.17) is 9.15 Å². The molecule has 1 spiro atoms. The Balaban J connectivity index is 1.48. The number of amides is 3. The van der Waals surface area contributed by atoms with Gasteiger partial charge in [-0.1, -0.05) is 0 Å². The van der Waals surface area contributed by atoms with E-state index in [9.17, 15) is 14.4 Å². The van der Waals surface area contributed by atoms with E-state index >= 15 is 0 Å². The Hall–Kier alpha value is -2.97. The number of carbonyl (C=O) groups is 2. The van der Waals surface area contributed by atoms with Gasteiger partial charge in [0, 0.05) is 38.8 Å². The zero-order chi connectivity index (χ0) is 17.8. The lowest BCUT2D eigenvalue weighted by molar-refractivity contribution is 0.0663. The van der Waals surface area contributed by atoms with Crippen LogP contribution in [0.3, 0.4) is 0 Å². The number of hydrogen-bond donors (Lipinski definition) is 1. The van der Waals surface area contributed by atoms with E-state index in [0.717, 1.165) is 0 Å². The Kier molecular flexibility index (Phi) is 3.28. The van der Waals surface area contributed by atoms with Crippen LogP contribution in [0.15, 0.2) is 27.4 Å². The largest absolute Gasteiger partial charge is 0.439 e. The highest BCUT2D eigenvalue weighted by Crippen LogP contribution is 2.32. The maximum atomic E-state index is 12.5. The van der Waals surface area contributed by atoms with Crippen molar-refractivity contribution < 1.29 is 18.7 Å². The van der Waals surface area contributed by atoms with E-state index in [2.05, 4.69) is 5.32 Å². The van der Waals surface area contributed by atoms with Crippen LogP contribution < -0.4 is 11.1 Å². The van der Waals surface area contributed by atoms with Crippen molar-refractivity contribution in [2.24, 2.45) is 7.05 Å². The summed E-state index contributed by atoms with van der Waals surface area (Å²) < 4.78 is 12.0. The molecule has 2 saturated heterocycles. The van der Waals surface area contributed by atoms with Gasteiger partial charge in [0.15, 0.2) is 11.2 Å². The van der Waals surface area contributed by atoms with Crippen LogP contribution in [0, 0.1) is 0 Å². The highest BCUT2D eigenvalue weighted by molar-refractivity contribution is 5.92. The normalized spacial score (nSPS) is 22.9. The number of aromatic nitrogens is 1. The van der Waals surface area contributed by atoms with Gasteiger partial charge in [0.25, 0.3) is 0 Å². The Bertz CT molecular complexity index is 932. The molecule has 132 valence electrons. The molecule has 1 aromatic carbocycles. The average Bonchev–Trinajstić information content (AvgIpc) is 3.18. The van der Waals surface area contributed by atoms with Crippen LogP contribution in [0.2, 0.25) is 0 Å². The lowest BCUT2D eigenvalue weighted by Gasteiger charge is -2.22. The van der Waals surface area contributed by atoms with Crippen LogP contribution >= 0.6 is 0 Å². The third-order valence-electron chi connectivity index (χ3n) is 4.79. The van der Waals surface area contributed by atoms with Crippen LogP contribution in [-0.2, 0) is 11.8 Å². The number of anilines is 1. The first kappa shape index (κ1) is 15.6. The van der Waals surface area contributed by atoms with Gasteiger partial charge in [-0.05, 0) is 12.1 Å². The minimum Gasteiger partial charge on any atom is -0.439 e. The fourth-order valence-electron chi connectivity index (χ4n) is 3.44. The summed E-state index contributed by atoms with van der Waals surface area (Å²) >= 11 is 0. The number of oxazole rings is 1. The number of benzene rings is 1. The number of nitrogens with zero attached hydrogens (tertiary/aromatic N) is 3. The van der Waals surface area contributed by atoms with Crippen molar-refractivity contribution in [3.63, 3.8) is 0 Å². The van der Waals surface area contributed by atoms with E-state index in [0.29, 0.717) is 42.8 Å². The van der Waals surface area contributed by atoms with E-state index in [1.165, 1.54) is 9.47 Å². The summed E-state index contributed by atoms with van der Waals surface area (Å²) in [7, 11) is 3.30. The quantitative estimate of drug-likeness (QED) is 0.836. The topological polar surface area (TPSA) is 97.0 Å². The molecule has 4 rings (SSSR count). The molecule has 0 aliphatic carbocycles. The predicted molar refractivity (Wildman–Crippen MR) is 88.5 cm³/mol. The maximum absolute atomic E-state index is 12.5. The molecule has 2 aliphatic rings. The third kappa shape index (κ3) is 2.51. The summed E-state index contributed by atoms with van der Waals surface area (Å²) in [5, 5.41) is 2.80. The van der Waals surface area contributed by atoms with Gasteiger partial charge in [-0.15, -0.1) is 0 Å². The molecular formula is C16H18N4O5. The summed E-state index contributed by atoms with van der Waals surface area (Å²) in [6, 6.07) is 4.77. The van der Waals surface area contributed by atoms with Gasteiger partial charge in [-0.2, -0.15) is 0 Å². The number of carbonyl (C=O) groups excluding carboxylic acids is 2. The molecule has 2 aliphatic heterocycles. The molecule has 1 unspecified atom stereocenters. The standard InChI is InChI=1S/C16H18N4O5/c1-18-8-16(25-14(18)22)5-6-20(9-16)13(21)17-10-3-4-11-12(7-10)24-15(23)19(11)2/h3-4,7H,5-6,8-9H2,1-2H3,(H,17,21). The molecule has 3 amide bonds. The number of aryl methyl sites for hydroxylation is 1. The first-order valence-corrected chi connectivity index (χ1v) is 7.97. The first-order chi connectivity index (χ1) is 11.9. The number of hydrogen-bond acceptors (Lipinski definition) is 5. The molecule has 2 fully saturated rings. The van der Waals surface area contributed by atoms with Crippen LogP contribution in [0.5, 0.6) is 0 Å². The van der Waals surface area contributed by atoms with Crippen LogP contribution in [0.4, 0.5) is 15.3 Å². The van der Waals surface area contributed by atoms with Crippen molar-refractivity contribution in [2.45, 2.75) is 12.0 Å². The van der Waals surface area contributed by atoms with Crippen molar-refractivity contribution in [3.05, 3.63) is 28.7 Å². The second-order valence-corrected chi connectivity index (χ2v) is 6.62. The molecule has 1 atom stereocenters. The van der Waals surface area contributed by atoms with Gasteiger partial charge in [-0.3, -0.25) is 4.57 Å². The summed E-state index contributed by atoms with van der Waals surface area (Å²) in [4.78, 5) is 38.8. The zero-order valence-corrected chi connectivity index (χ0v) is 13.9. The Morgan fingerprint density at radius 2 is 2.04 bits per heavy atom. The van der Waals surface area contributed by atoms with Crippen molar-refractivity contribution in [3.8, 4) is 0 Å². The van der Waals surface area contributed by atoms with E-state index in [-0.39, 0.29) is 12.1 Å². The monoisotopic (exact) mass is 346 g/mol. The lowest BCUT2D eigenvalue weighted by Crippen LogP contribution is -2.40. The minimum absolute atomic E-state index is 0.278. The molecular weight excluding hydrogens is 328 g/mol. The number of rotatable bonds is 1. The SMILES string of the molecule is CN1CC2(CCN(C(=O)Nc3ccc4c(c3)oc(=O)n4C)C2)OC1=O. The Morgan fingerprint density at radius 3 is 2.76 bits per heavy atom.